The van der Waals surface area contributed by atoms with Gasteiger partial charge in [0.15, 0.2) is 0 Å². The monoisotopic (exact) mass is 478 g/mol. The summed E-state index contributed by atoms with van der Waals surface area (Å²) in [6, 6.07) is 11.9. The summed E-state index contributed by atoms with van der Waals surface area (Å²) in [5.74, 6) is 0.214. The van der Waals surface area contributed by atoms with E-state index in [0.717, 1.165) is 26.4 Å². The Morgan fingerprint density at radius 1 is 1.21 bits per heavy atom. The van der Waals surface area contributed by atoms with Crippen molar-refractivity contribution < 1.29 is 13.9 Å². The van der Waals surface area contributed by atoms with Gasteiger partial charge in [0.2, 0.25) is 5.01 Å². The molecule has 1 amide bonds. The van der Waals surface area contributed by atoms with Crippen molar-refractivity contribution in [2.24, 2.45) is 0 Å². The molecular weight excluding hydrogens is 459 g/mol. The second-order valence-electron chi connectivity index (χ2n) is 6.44. The fourth-order valence-electron chi connectivity index (χ4n) is 2.72. The van der Waals surface area contributed by atoms with Gasteiger partial charge in [-0.1, -0.05) is 39.4 Å². The third-order valence-corrected chi connectivity index (χ3v) is 5.52. The van der Waals surface area contributed by atoms with Crippen LogP contribution in [0, 0.1) is 5.82 Å². The van der Waals surface area contributed by atoms with Gasteiger partial charge in [-0.25, -0.2) is 4.39 Å². The third kappa shape index (κ3) is 6.06. The molecular formula is C20H20BrFN4O2S. The lowest BCUT2D eigenvalue weighted by molar-refractivity contribution is 0.0950. The fraction of sp³-hybridized carbons (Fsp3) is 0.250. The van der Waals surface area contributed by atoms with Crippen LogP contribution in [0.25, 0.3) is 0 Å². The second-order valence-corrected chi connectivity index (χ2v) is 8.42. The van der Waals surface area contributed by atoms with E-state index in [1.165, 1.54) is 23.5 Å². The number of aromatic nitrogens is 2. The second kappa shape index (κ2) is 9.91. The van der Waals surface area contributed by atoms with Gasteiger partial charge < -0.3 is 10.1 Å². The molecule has 0 unspecified atom stereocenters. The van der Waals surface area contributed by atoms with E-state index < -0.39 is 0 Å². The summed E-state index contributed by atoms with van der Waals surface area (Å²) in [6.45, 7) is 1.52. The number of methoxy groups -OCH3 is 1. The molecule has 0 radical (unpaired) electrons. The summed E-state index contributed by atoms with van der Waals surface area (Å²) in [5.41, 5.74) is 1.86. The minimum Gasteiger partial charge on any atom is -0.496 e. The number of benzene rings is 2. The van der Waals surface area contributed by atoms with Crippen LogP contribution in [0.4, 0.5) is 4.39 Å². The van der Waals surface area contributed by atoms with Gasteiger partial charge in [0.05, 0.1) is 13.7 Å². The van der Waals surface area contributed by atoms with Crippen LogP contribution in [0.2, 0.25) is 0 Å². The summed E-state index contributed by atoms with van der Waals surface area (Å²) in [4.78, 5) is 14.4. The summed E-state index contributed by atoms with van der Waals surface area (Å²) < 4.78 is 19.3. The number of carbonyl (C=O) groups excluding carboxylic acids is 1. The first kappa shape index (κ1) is 21.4. The van der Waals surface area contributed by atoms with Crippen LogP contribution in [0.1, 0.15) is 25.9 Å². The molecule has 6 nitrogen and oxygen atoms in total. The molecule has 0 saturated heterocycles. The lowest BCUT2D eigenvalue weighted by atomic mass is 10.2. The molecule has 2 aromatic carbocycles. The van der Waals surface area contributed by atoms with Crippen molar-refractivity contribution >= 4 is 33.2 Å². The highest BCUT2D eigenvalue weighted by Crippen LogP contribution is 2.24. The zero-order valence-corrected chi connectivity index (χ0v) is 18.4. The van der Waals surface area contributed by atoms with Gasteiger partial charge >= 0.3 is 0 Å². The van der Waals surface area contributed by atoms with Crippen molar-refractivity contribution in [1.29, 1.82) is 0 Å². The zero-order valence-electron chi connectivity index (χ0n) is 16.0. The van der Waals surface area contributed by atoms with Gasteiger partial charge in [0, 0.05) is 23.1 Å². The van der Waals surface area contributed by atoms with Crippen LogP contribution in [0.15, 0.2) is 46.9 Å². The Morgan fingerprint density at radius 2 is 1.97 bits per heavy atom. The molecule has 0 spiro atoms. The number of hydrogen-bond donors (Lipinski definition) is 1. The Hall–Kier alpha value is -2.36. The average molecular weight is 479 g/mol. The number of amides is 1. The van der Waals surface area contributed by atoms with Crippen LogP contribution in [-0.2, 0) is 19.6 Å². The fourth-order valence-corrected chi connectivity index (χ4v) is 3.96. The van der Waals surface area contributed by atoms with Crippen molar-refractivity contribution in [3.8, 4) is 5.75 Å². The average Bonchev–Trinajstić information content (AvgIpc) is 3.16. The third-order valence-electron chi connectivity index (χ3n) is 4.12. The van der Waals surface area contributed by atoms with E-state index in [1.807, 2.05) is 25.2 Å². The van der Waals surface area contributed by atoms with Crippen LogP contribution in [-0.4, -0.2) is 35.2 Å². The molecule has 0 aliphatic rings. The molecule has 0 saturated carbocycles. The molecule has 0 fully saturated rings. The Morgan fingerprint density at radius 3 is 2.69 bits per heavy atom. The van der Waals surface area contributed by atoms with Crippen molar-refractivity contribution in [3.63, 3.8) is 0 Å². The van der Waals surface area contributed by atoms with E-state index in [1.54, 1.807) is 19.2 Å². The highest BCUT2D eigenvalue weighted by molar-refractivity contribution is 9.10. The first-order chi connectivity index (χ1) is 13.9. The number of hydrogen-bond acceptors (Lipinski definition) is 6. The normalized spacial score (nSPS) is 10.9. The van der Waals surface area contributed by atoms with Crippen LogP contribution in [0.5, 0.6) is 5.75 Å². The number of rotatable bonds is 8. The topological polar surface area (TPSA) is 67.3 Å². The first-order valence-electron chi connectivity index (χ1n) is 8.80. The Kier molecular flexibility index (Phi) is 7.29. The van der Waals surface area contributed by atoms with Crippen LogP contribution in [0.3, 0.4) is 0 Å². The van der Waals surface area contributed by atoms with Crippen LogP contribution < -0.4 is 10.1 Å². The van der Waals surface area contributed by atoms with E-state index in [-0.39, 0.29) is 11.7 Å². The van der Waals surface area contributed by atoms with Crippen molar-refractivity contribution in [2.75, 3.05) is 14.2 Å². The van der Waals surface area contributed by atoms with Gasteiger partial charge in [-0.15, -0.1) is 10.2 Å². The maximum absolute atomic E-state index is 12.9. The lowest BCUT2D eigenvalue weighted by Crippen LogP contribution is -2.22. The van der Waals surface area contributed by atoms with Gasteiger partial charge in [0.25, 0.3) is 5.91 Å². The van der Waals surface area contributed by atoms with Gasteiger partial charge in [-0.2, -0.15) is 0 Å². The summed E-state index contributed by atoms with van der Waals surface area (Å²) in [7, 11) is 3.62. The maximum Gasteiger partial charge on any atom is 0.282 e. The number of ether oxygens (including phenoxy) is 1. The Bertz CT molecular complexity index is 981. The minimum absolute atomic E-state index is 0.297. The molecule has 0 bridgehead atoms. The number of carbonyl (C=O) groups is 1. The molecule has 9 heteroatoms. The molecule has 1 aromatic heterocycles. The summed E-state index contributed by atoms with van der Waals surface area (Å²) in [5, 5.41) is 11.9. The van der Waals surface area contributed by atoms with Crippen molar-refractivity contribution in [3.05, 3.63) is 73.9 Å². The van der Waals surface area contributed by atoms with Gasteiger partial charge in [0.1, 0.15) is 16.6 Å². The molecule has 0 atom stereocenters. The Labute approximate surface area is 180 Å². The highest BCUT2D eigenvalue weighted by Gasteiger charge is 2.15. The maximum atomic E-state index is 12.9. The summed E-state index contributed by atoms with van der Waals surface area (Å²) >= 11 is 4.73. The number of halogens is 2. The molecule has 3 aromatic rings. The van der Waals surface area contributed by atoms with E-state index in [0.29, 0.717) is 24.6 Å². The van der Waals surface area contributed by atoms with Crippen LogP contribution >= 0.6 is 27.3 Å². The molecule has 0 aliphatic carbocycles. The number of nitrogens with one attached hydrogen (secondary N) is 1. The predicted molar refractivity (Wildman–Crippen MR) is 113 cm³/mol. The predicted octanol–water partition coefficient (Wildman–Crippen LogP) is 4.01. The van der Waals surface area contributed by atoms with Crippen molar-refractivity contribution in [1.82, 2.24) is 20.4 Å². The molecule has 0 aliphatic heterocycles. The summed E-state index contributed by atoms with van der Waals surface area (Å²) in [6.07, 6.45) is 0. The zero-order chi connectivity index (χ0) is 20.8. The standard InChI is InChI=1S/C20H20BrFN4O2S/c1-26(11-14-9-15(21)5-8-17(14)28-2)12-18-24-25-20(29-18)19(27)23-10-13-3-6-16(22)7-4-13/h3-9H,10-12H2,1-2H3,(H,23,27). The molecule has 29 heavy (non-hydrogen) atoms. The quantitative estimate of drug-likeness (QED) is 0.529. The van der Waals surface area contributed by atoms with Crippen molar-refractivity contribution in [2.45, 2.75) is 19.6 Å². The van der Waals surface area contributed by atoms with Gasteiger partial charge in [-0.05, 0) is 42.9 Å². The SMILES string of the molecule is COc1ccc(Br)cc1CN(C)Cc1nnc(C(=O)NCc2ccc(F)cc2)s1. The molecule has 3 rings (SSSR count). The minimum atomic E-state index is -0.307. The first-order valence-corrected chi connectivity index (χ1v) is 10.4. The van der Waals surface area contributed by atoms with Gasteiger partial charge in [-0.3, -0.25) is 9.69 Å². The van der Waals surface area contributed by atoms with E-state index in [9.17, 15) is 9.18 Å². The smallest absolute Gasteiger partial charge is 0.282 e. The number of nitrogens with zero attached hydrogens (tertiary/aromatic N) is 3. The van der Waals surface area contributed by atoms with E-state index in [4.69, 9.17) is 4.74 Å². The Balaban J connectivity index is 1.56. The molecule has 1 heterocycles. The lowest BCUT2D eigenvalue weighted by Gasteiger charge is -2.17. The highest BCUT2D eigenvalue weighted by atomic mass is 79.9. The molecule has 1 N–H and O–H groups in total. The molecule has 152 valence electrons. The van der Waals surface area contributed by atoms with E-state index in [2.05, 4.69) is 36.3 Å². The van der Waals surface area contributed by atoms with E-state index >= 15 is 0 Å². The largest absolute Gasteiger partial charge is 0.496 e.